The van der Waals surface area contributed by atoms with Crippen LogP contribution < -0.4 is 20.2 Å². The van der Waals surface area contributed by atoms with Gasteiger partial charge in [0.05, 0.1) is 19.9 Å². The summed E-state index contributed by atoms with van der Waals surface area (Å²) in [6.07, 6.45) is 1.33. The Morgan fingerprint density at radius 2 is 2.00 bits per heavy atom. The van der Waals surface area contributed by atoms with Gasteiger partial charge in [0.25, 0.3) is 0 Å². The number of nitrogens with zero attached hydrogens (tertiary/aromatic N) is 1. The molecule has 0 bridgehead atoms. The predicted octanol–water partition coefficient (Wildman–Crippen LogP) is 1.89. The third-order valence-corrected chi connectivity index (χ3v) is 3.20. The maximum Gasteiger partial charge on any atom is 0.329 e. The molecule has 0 aliphatic rings. The lowest BCUT2D eigenvalue weighted by molar-refractivity contribution is -0.136. The monoisotopic (exact) mass is 357 g/mol. The predicted molar refractivity (Wildman–Crippen MR) is 96.6 cm³/mol. The summed E-state index contributed by atoms with van der Waals surface area (Å²) in [6.45, 7) is 2.19. The summed E-state index contributed by atoms with van der Waals surface area (Å²) in [5.41, 5.74) is 3.14. The highest BCUT2D eigenvalue weighted by atomic mass is 16.5. The molecule has 3 N–H and O–H groups in total. The van der Waals surface area contributed by atoms with Crippen molar-refractivity contribution < 1.29 is 24.2 Å². The van der Waals surface area contributed by atoms with E-state index in [1.165, 1.54) is 19.4 Å². The highest BCUT2D eigenvalue weighted by molar-refractivity contribution is 6.39. The third kappa shape index (κ3) is 5.23. The average Bonchev–Trinajstić information content (AvgIpc) is 2.64. The molecule has 0 aromatic heterocycles. The number of aromatic hydroxyl groups is 1. The first-order valence-electron chi connectivity index (χ1n) is 7.77. The summed E-state index contributed by atoms with van der Waals surface area (Å²) in [6, 6.07) is 11.2. The van der Waals surface area contributed by atoms with Crippen molar-refractivity contribution in [3.05, 3.63) is 48.0 Å². The van der Waals surface area contributed by atoms with Gasteiger partial charge < -0.3 is 19.9 Å². The van der Waals surface area contributed by atoms with Crippen molar-refractivity contribution in [1.29, 1.82) is 0 Å². The molecule has 2 rings (SSSR count). The highest BCUT2D eigenvalue weighted by Crippen LogP contribution is 2.26. The van der Waals surface area contributed by atoms with Crippen LogP contribution in [0.4, 0.5) is 5.69 Å². The number of rotatable bonds is 6. The lowest BCUT2D eigenvalue weighted by Gasteiger charge is -2.06. The van der Waals surface area contributed by atoms with E-state index in [1.807, 2.05) is 0 Å². The summed E-state index contributed by atoms with van der Waals surface area (Å²) in [5, 5.41) is 15.8. The number of methoxy groups -OCH3 is 1. The molecule has 2 amide bonds. The van der Waals surface area contributed by atoms with Crippen LogP contribution in [0.15, 0.2) is 47.6 Å². The van der Waals surface area contributed by atoms with Crippen LogP contribution >= 0.6 is 0 Å². The fraction of sp³-hybridized carbons (Fsp3) is 0.167. The van der Waals surface area contributed by atoms with E-state index in [4.69, 9.17) is 9.47 Å². The summed E-state index contributed by atoms with van der Waals surface area (Å²) in [4.78, 5) is 23.6. The van der Waals surface area contributed by atoms with Gasteiger partial charge in [-0.05, 0) is 42.8 Å². The number of amides is 2. The van der Waals surface area contributed by atoms with E-state index in [0.29, 0.717) is 29.4 Å². The fourth-order valence-electron chi connectivity index (χ4n) is 1.99. The molecule has 0 atom stereocenters. The quantitative estimate of drug-likeness (QED) is 0.415. The molecule has 0 aliphatic heterocycles. The third-order valence-electron chi connectivity index (χ3n) is 3.20. The van der Waals surface area contributed by atoms with Crippen molar-refractivity contribution in [3.8, 4) is 17.2 Å². The Kier molecular flexibility index (Phi) is 6.55. The van der Waals surface area contributed by atoms with E-state index in [2.05, 4.69) is 15.8 Å². The molecule has 0 heterocycles. The van der Waals surface area contributed by atoms with Gasteiger partial charge in [-0.2, -0.15) is 5.10 Å². The molecule has 8 heteroatoms. The lowest BCUT2D eigenvalue weighted by atomic mass is 10.2. The number of hydrogen-bond acceptors (Lipinski definition) is 6. The van der Waals surface area contributed by atoms with Crippen molar-refractivity contribution in [1.82, 2.24) is 5.43 Å². The van der Waals surface area contributed by atoms with Gasteiger partial charge in [-0.1, -0.05) is 6.07 Å². The molecular formula is C18H19N3O5. The second-order valence-electron chi connectivity index (χ2n) is 5.05. The zero-order chi connectivity index (χ0) is 18.9. The summed E-state index contributed by atoms with van der Waals surface area (Å²) >= 11 is 0. The van der Waals surface area contributed by atoms with Crippen LogP contribution in [-0.4, -0.2) is 36.9 Å². The first-order chi connectivity index (χ1) is 12.5. The van der Waals surface area contributed by atoms with Crippen molar-refractivity contribution >= 4 is 23.7 Å². The molecule has 0 saturated heterocycles. The number of phenolic OH excluding ortho intramolecular Hbond substituents is 1. The van der Waals surface area contributed by atoms with Gasteiger partial charge >= 0.3 is 11.8 Å². The van der Waals surface area contributed by atoms with Gasteiger partial charge in [-0.25, -0.2) is 5.43 Å². The lowest BCUT2D eigenvalue weighted by Crippen LogP contribution is -2.32. The van der Waals surface area contributed by atoms with Crippen LogP contribution in [-0.2, 0) is 9.59 Å². The largest absolute Gasteiger partial charge is 0.504 e. The average molecular weight is 357 g/mol. The minimum Gasteiger partial charge on any atom is -0.504 e. The molecule has 0 unspecified atom stereocenters. The molecule has 0 fully saturated rings. The van der Waals surface area contributed by atoms with E-state index in [9.17, 15) is 14.7 Å². The Hall–Kier alpha value is -3.55. The maximum atomic E-state index is 11.8. The normalized spacial score (nSPS) is 10.4. The molecule has 0 aliphatic carbocycles. The van der Waals surface area contributed by atoms with Gasteiger partial charge in [0.15, 0.2) is 11.5 Å². The first-order valence-corrected chi connectivity index (χ1v) is 7.77. The smallest absolute Gasteiger partial charge is 0.329 e. The minimum absolute atomic E-state index is 0.00528. The first kappa shape index (κ1) is 18.8. The van der Waals surface area contributed by atoms with E-state index in [-0.39, 0.29) is 5.75 Å². The summed E-state index contributed by atoms with van der Waals surface area (Å²) < 4.78 is 10.3. The van der Waals surface area contributed by atoms with E-state index in [1.54, 1.807) is 43.3 Å². The number of carbonyl (C=O) groups is 2. The number of anilines is 1. The van der Waals surface area contributed by atoms with Crippen molar-refractivity contribution in [2.75, 3.05) is 19.0 Å². The standard InChI is InChI=1S/C18H19N3O5/c1-3-26-16-9-12(7-8-15(16)22)11-19-21-18(24)17(23)20-13-5-4-6-14(10-13)25-2/h4-11,22H,3H2,1-2H3,(H,20,23)(H,21,24). The topological polar surface area (TPSA) is 109 Å². The number of nitrogens with one attached hydrogen (secondary N) is 2. The molecule has 8 nitrogen and oxygen atoms in total. The molecular weight excluding hydrogens is 338 g/mol. The van der Waals surface area contributed by atoms with E-state index >= 15 is 0 Å². The number of ether oxygens (including phenoxy) is 2. The van der Waals surface area contributed by atoms with Gasteiger partial charge in [0.1, 0.15) is 5.75 Å². The zero-order valence-electron chi connectivity index (χ0n) is 14.4. The SMILES string of the molecule is CCOc1cc(C=NNC(=O)C(=O)Nc2cccc(OC)c2)ccc1O. The Morgan fingerprint density at radius 3 is 2.73 bits per heavy atom. The minimum atomic E-state index is -0.923. The Balaban J connectivity index is 1.93. The molecule has 0 spiro atoms. The molecule has 0 saturated carbocycles. The summed E-state index contributed by atoms with van der Waals surface area (Å²) in [7, 11) is 1.50. The number of hydrogen-bond donors (Lipinski definition) is 3. The van der Waals surface area contributed by atoms with Gasteiger partial charge in [-0.15, -0.1) is 0 Å². The molecule has 2 aromatic rings. The van der Waals surface area contributed by atoms with E-state index in [0.717, 1.165) is 0 Å². The second-order valence-corrected chi connectivity index (χ2v) is 5.05. The van der Waals surface area contributed by atoms with Crippen LogP contribution in [0.25, 0.3) is 0 Å². The van der Waals surface area contributed by atoms with Crippen molar-refractivity contribution in [3.63, 3.8) is 0 Å². The molecule has 0 radical (unpaired) electrons. The van der Waals surface area contributed by atoms with Crippen LogP contribution in [0.2, 0.25) is 0 Å². The van der Waals surface area contributed by atoms with Crippen LogP contribution in [0, 0.1) is 0 Å². The highest BCUT2D eigenvalue weighted by Gasteiger charge is 2.13. The zero-order valence-corrected chi connectivity index (χ0v) is 14.4. The fourth-order valence-corrected chi connectivity index (χ4v) is 1.99. The molecule has 2 aromatic carbocycles. The van der Waals surface area contributed by atoms with Crippen LogP contribution in [0.3, 0.4) is 0 Å². The van der Waals surface area contributed by atoms with Crippen molar-refractivity contribution in [2.24, 2.45) is 5.10 Å². The number of carbonyl (C=O) groups excluding carboxylic acids is 2. The molecule has 26 heavy (non-hydrogen) atoms. The van der Waals surface area contributed by atoms with E-state index < -0.39 is 11.8 Å². The van der Waals surface area contributed by atoms with Gasteiger partial charge in [0, 0.05) is 11.8 Å². The van der Waals surface area contributed by atoms with Crippen LogP contribution in [0.5, 0.6) is 17.2 Å². The van der Waals surface area contributed by atoms with Crippen molar-refractivity contribution in [2.45, 2.75) is 6.92 Å². The second kappa shape index (κ2) is 9.07. The molecule has 136 valence electrons. The van der Waals surface area contributed by atoms with Gasteiger partial charge in [-0.3, -0.25) is 9.59 Å². The number of hydrazone groups is 1. The Labute approximate surface area is 150 Å². The number of benzene rings is 2. The van der Waals surface area contributed by atoms with Gasteiger partial charge in [0.2, 0.25) is 0 Å². The van der Waals surface area contributed by atoms with Crippen LogP contribution in [0.1, 0.15) is 12.5 Å². The Morgan fingerprint density at radius 1 is 1.19 bits per heavy atom. The number of phenols is 1. The Bertz CT molecular complexity index is 820. The maximum absolute atomic E-state index is 11.8. The summed E-state index contributed by atoms with van der Waals surface area (Å²) in [5.74, 6) is -0.924.